The molecule has 0 amide bonds. The monoisotopic (exact) mass is 698 g/mol. The summed E-state index contributed by atoms with van der Waals surface area (Å²) in [5.41, 5.74) is 11.9. The molecule has 2 nitrogen and oxygen atoms in total. The van der Waals surface area contributed by atoms with Crippen LogP contribution in [0.25, 0.3) is 70.9 Å². The second-order valence-corrected chi connectivity index (χ2v) is 16.2. The van der Waals surface area contributed by atoms with E-state index in [2.05, 4.69) is 114 Å². The maximum Gasteiger partial charge on any atom is 0.189 e. The number of nitrogens with zero attached hydrogens (tertiary/aromatic N) is 2. The van der Waals surface area contributed by atoms with Gasteiger partial charge in [0.15, 0.2) is 5.69 Å². The Bertz CT molecular complexity index is 2820. The van der Waals surface area contributed by atoms with Gasteiger partial charge in [-0.15, -0.1) is 0 Å². The summed E-state index contributed by atoms with van der Waals surface area (Å²) in [5.74, 6) is 2.52. The van der Waals surface area contributed by atoms with E-state index >= 15 is 4.39 Å². The van der Waals surface area contributed by atoms with Gasteiger partial charge < -0.3 is 4.57 Å². The summed E-state index contributed by atoms with van der Waals surface area (Å²) in [6.45, 7) is 16.5. The summed E-state index contributed by atoms with van der Waals surface area (Å²) in [7, 11) is 0. The minimum absolute atomic E-state index is 0.161. The van der Waals surface area contributed by atoms with Gasteiger partial charge in [0.1, 0.15) is 5.82 Å². The summed E-state index contributed by atoms with van der Waals surface area (Å²) in [6, 6.07) is 39.8. The van der Waals surface area contributed by atoms with E-state index in [1.807, 2.05) is 36.4 Å². The van der Waals surface area contributed by atoms with Gasteiger partial charge >= 0.3 is 0 Å². The number of rotatable bonds is 5. The van der Waals surface area contributed by atoms with E-state index in [1.165, 1.54) is 54.2 Å². The molecule has 5 aliphatic carbocycles. The molecule has 0 atom stereocenters. The van der Waals surface area contributed by atoms with Gasteiger partial charge in [0, 0.05) is 33.0 Å². The zero-order valence-electron chi connectivity index (χ0n) is 30.2. The first-order valence-electron chi connectivity index (χ1n) is 19.4. The maximum absolute atomic E-state index is 16.9. The van der Waals surface area contributed by atoms with Crippen molar-refractivity contribution in [2.75, 3.05) is 0 Å². The maximum atomic E-state index is 16.9. The molecule has 0 radical (unpaired) electrons. The van der Waals surface area contributed by atoms with E-state index < -0.39 is 0 Å². The van der Waals surface area contributed by atoms with Crippen molar-refractivity contribution in [2.24, 2.45) is 23.7 Å². The Labute approximate surface area is 315 Å². The van der Waals surface area contributed by atoms with Crippen LogP contribution in [0.5, 0.6) is 0 Å². The Morgan fingerprint density at radius 2 is 1.44 bits per heavy atom. The number of hydrogen-bond donors (Lipinski definition) is 0. The molecule has 12 rings (SSSR count). The summed E-state index contributed by atoms with van der Waals surface area (Å²) in [4.78, 5) is 3.80. The number of hydrogen-bond acceptors (Lipinski definition) is 0. The van der Waals surface area contributed by atoms with Gasteiger partial charge in [0.2, 0.25) is 0 Å². The normalized spacial score (nSPS) is 23.8. The summed E-state index contributed by atoms with van der Waals surface area (Å²) in [6.07, 6.45) is 10.4. The lowest BCUT2D eigenvalue weighted by atomic mass is 9.42. The van der Waals surface area contributed by atoms with Gasteiger partial charge in [0.05, 0.1) is 12.1 Å². The van der Waals surface area contributed by atoms with Crippen molar-refractivity contribution < 1.29 is 4.39 Å². The fraction of sp³-hybridized carbons (Fsp3) is 0.196. The third-order valence-electron chi connectivity index (χ3n) is 13.8. The predicted octanol–water partition coefficient (Wildman–Crippen LogP) is 13.8. The lowest BCUT2D eigenvalue weighted by molar-refractivity contribution is -0.0407. The number of aromatic nitrogens is 1. The molecule has 5 aliphatic rings. The molecule has 4 saturated carbocycles. The van der Waals surface area contributed by atoms with Crippen LogP contribution in [0, 0.1) is 36.1 Å². The number of benzene rings is 6. The second-order valence-electron chi connectivity index (χ2n) is 16.2. The summed E-state index contributed by atoms with van der Waals surface area (Å²) < 4.78 is 19.2. The Morgan fingerprint density at radius 1 is 0.648 bits per heavy atom. The molecule has 1 spiro atoms. The number of fused-ring (bicyclic) bond motifs is 5. The third kappa shape index (κ3) is 4.20. The Morgan fingerprint density at radius 3 is 2.19 bits per heavy atom. The quantitative estimate of drug-likeness (QED) is 0.158. The third-order valence-corrected chi connectivity index (χ3v) is 13.8. The predicted molar refractivity (Wildman–Crippen MR) is 221 cm³/mol. The second kappa shape index (κ2) is 11.5. The smallest absolute Gasteiger partial charge is 0.189 e. The molecule has 3 heteroatoms. The Kier molecular flexibility index (Phi) is 6.72. The summed E-state index contributed by atoms with van der Waals surface area (Å²) >= 11 is 0. The highest BCUT2D eigenvalue weighted by atomic mass is 19.1. The van der Waals surface area contributed by atoms with E-state index in [9.17, 15) is 0 Å². The van der Waals surface area contributed by atoms with Crippen LogP contribution in [0.4, 0.5) is 10.1 Å². The van der Waals surface area contributed by atoms with E-state index in [-0.39, 0.29) is 11.2 Å². The minimum Gasteiger partial charge on any atom is -0.310 e. The molecule has 54 heavy (non-hydrogen) atoms. The van der Waals surface area contributed by atoms with Gasteiger partial charge in [-0.05, 0) is 148 Å². The van der Waals surface area contributed by atoms with Crippen molar-refractivity contribution in [3.63, 3.8) is 0 Å². The Balaban J connectivity index is 1.10. The molecule has 4 fully saturated rings. The molecule has 4 bridgehead atoms. The van der Waals surface area contributed by atoms with Crippen LogP contribution < -0.4 is 0 Å². The molecule has 1 heterocycles. The first-order chi connectivity index (χ1) is 26.5. The highest BCUT2D eigenvalue weighted by Gasteiger charge is 2.61. The van der Waals surface area contributed by atoms with Crippen molar-refractivity contribution in [3.05, 3.63) is 175 Å². The largest absolute Gasteiger partial charge is 0.310 e. The van der Waals surface area contributed by atoms with E-state index in [1.54, 1.807) is 0 Å². The first-order valence-corrected chi connectivity index (χ1v) is 19.4. The molecule has 6 aromatic carbocycles. The molecular formula is C51H39FN2. The molecule has 0 unspecified atom stereocenters. The van der Waals surface area contributed by atoms with Crippen molar-refractivity contribution in [1.82, 2.24) is 4.57 Å². The highest BCUT2D eigenvalue weighted by Crippen LogP contribution is 2.69. The zero-order valence-corrected chi connectivity index (χ0v) is 30.2. The molecule has 0 N–H and O–H groups in total. The Hall–Kier alpha value is -5.98. The van der Waals surface area contributed by atoms with Crippen LogP contribution in [0.3, 0.4) is 0 Å². The molecule has 7 aromatic rings. The zero-order chi connectivity index (χ0) is 36.3. The van der Waals surface area contributed by atoms with Crippen molar-refractivity contribution in [2.45, 2.75) is 37.5 Å². The van der Waals surface area contributed by atoms with Gasteiger partial charge in [-0.3, -0.25) is 0 Å². The molecule has 0 aliphatic heterocycles. The number of allylic oxidation sites excluding steroid dienone is 4. The van der Waals surface area contributed by atoms with Crippen LogP contribution in [0.2, 0.25) is 0 Å². The lowest BCUT2D eigenvalue weighted by Crippen LogP contribution is -2.55. The van der Waals surface area contributed by atoms with Crippen LogP contribution >= 0.6 is 0 Å². The van der Waals surface area contributed by atoms with Crippen LogP contribution in [-0.4, -0.2) is 4.57 Å². The minimum atomic E-state index is -0.169. The van der Waals surface area contributed by atoms with Crippen molar-refractivity contribution in [1.29, 1.82) is 0 Å². The SMILES string of the molecule is [C-]#[N+]c1ccc2c3cc(-c4cc5c(cc4F)C4(C(C=C)=C5C=C)C5CC6CC(C5)CC4C6)ccc3n(-c3ccc4cccc(-c5ccccc5)c4c3)c2c1. The van der Waals surface area contributed by atoms with Crippen LogP contribution in [0.1, 0.15) is 43.2 Å². The molecule has 1 aromatic heterocycles. The van der Waals surface area contributed by atoms with Gasteiger partial charge in [-0.2, -0.15) is 0 Å². The average molecular weight is 699 g/mol. The van der Waals surface area contributed by atoms with E-state index in [0.29, 0.717) is 23.1 Å². The van der Waals surface area contributed by atoms with Gasteiger partial charge in [0.25, 0.3) is 0 Å². The van der Waals surface area contributed by atoms with Crippen LogP contribution in [-0.2, 0) is 5.41 Å². The molecule has 260 valence electrons. The fourth-order valence-corrected chi connectivity index (χ4v) is 12.0. The number of halogens is 1. The average Bonchev–Trinajstić information content (AvgIpc) is 3.67. The lowest BCUT2D eigenvalue weighted by Gasteiger charge is -2.61. The molecular weight excluding hydrogens is 660 g/mol. The van der Waals surface area contributed by atoms with E-state index in [4.69, 9.17) is 6.57 Å². The molecule has 0 saturated heterocycles. The topological polar surface area (TPSA) is 9.29 Å². The van der Waals surface area contributed by atoms with E-state index in [0.717, 1.165) is 67.0 Å². The van der Waals surface area contributed by atoms with Gasteiger partial charge in [-0.25, -0.2) is 9.24 Å². The fourth-order valence-electron chi connectivity index (χ4n) is 12.0. The summed E-state index contributed by atoms with van der Waals surface area (Å²) in [5, 5.41) is 4.39. The van der Waals surface area contributed by atoms with Gasteiger partial charge in [-0.1, -0.05) is 98.1 Å². The van der Waals surface area contributed by atoms with Crippen molar-refractivity contribution >= 4 is 43.8 Å². The van der Waals surface area contributed by atoms with Crippen molar-refractivity contribution in [3.8, 4) is 27.9 Å². The standard InChI is InChI=1S/C51H39FN2/c1-4-39-44-28-43(48(52)29-47(44)51(46(39)5-2)35-21-30-20-31(23-35)24-36(51)22-30)34-15-19-49-45(25-34)41-18-16-37(53-3)26-50(41)54(49)38-17-14-33-12-9-13-40(42(33)27-38)32-10-7-6-8-11-32/h4-19,25-31,35-36H,1-2,20-24H2. The first kappa shape index (κ1) is 31.5. The highest BCUT2D eigenvalue weighted by molar-refractivity contribution is 6.12. The van der Waals surface area contributed by atoms with Crippen LogP contribution in [0.15, 0.2) is 146 Å².